The summed E-state index contributed by atoms with van der Waals surface area (Å²) in [6.07, 6.45) is 0.236. The van der Waals surface area contributed by atoms with Crippen molar-refractivity contribution in [2.24, 2.45) is 0 Å². The Hall–Kier alpha value is -2.38. The molecule has 0 saturated heterocycles. The third-order valence-electron chi connectivity index (χ3n) is 3.82. The molecule has 0 atom stereocenters. The Balaban J connectivity index is 1.61. The number of carbonyl (C=O) groups excluding carboxylic acids is 1. The first-order valence-corrected chi connectivity index (χ1v) is 9.83. The molecule has 1 heterocycles. The third kappa shape index (κ3) is 5.08. The second-order valence-corrected chi connectivity index (χ2v) is 7.45. The highest BCUT2D eigenvalue weighted by atomic mass is 79.9. The van der Waals surface area contributed by atoms with Gasteiger partial charge in [0.05, 0.1) is 26.3 Å². The molecule has 0 aliphatic rings. The van der Waals surface area contributed by atoms with Crippen LogP contribution in [0.25, 0.3) is 10.6 Å². The van der Waals surface area contributed by atoms with Crippen molar-refractivity contribution in [3.05, 3.63) is 63.6 Å². The molecule has 1 aromatic heterocycles. The van der Waals surface area contributed by atoms with E-state index in [0.717, 1.165) is 20.6 Å². The molecular formula is C20H18BrNO4S. The van der Waals surface area contributed by atoms with Crippen LogP contribution in [0.1, 0.15) is 11.3 Å². The standard InChI is InChI=1S/C20H18BrNO4S/c1-24-17-8-5-14(10-18(17)25-2)20-22-16(12-27-20)11-26-19(23)9-13-3-6-15(21)7-4-13/h3-8,10,12H,9,11H2,1-2H3. The molecular weight excluding hydrogens is 430 g/mol. The van der Waals surface area contributed by atoms with E-state index in [1.807, 2.05) is 47.8 Å². The van der Waals surface area contributed by atoms with E-state index >= 15 is 0 Å². The molecule has 0 bridgehead atoms. The molecule has 0 N–H and O–H groups in total. The fourth-order valence-electron chi connectivity index (χ4n) is 2.45. The van der Waals surface area contributed by atoms with E-state index in [9.17, 15) is 4.79 Å². The van der Waals surface area contributed by atoms with Crippen LogP contribution in [0.3, 0.4) is 0 Å². The molecule has 0 amide bonds. The molecule has 0 fully saturated rings. The van der Waals surface area contributed by atoms with Crippen LogP contribution in [-0.4, -0.2) is 25.2 Å². The van der Waals surface area contributed by atoms with Crippen molar-refractivity contribution in [1.82, 2.24) is 4.98 Å². The molecule has 0 unspecified atom stereocenters. The van der Waals surface area contributed by atoms with Gasteiger partial charge in [0.25, 0.3) is 0 Å². The minimum absolute atomic E-state index is 0.152. The Labute approximate surface area is 170 Å². The number of aromatic nitrogens is 1. The number of hydrogen-bond donors (Lipinski definition) is 0. The predicted molar refractivity (Wildman–Crippen MR) is 108 cm³/mol. The maximum absolute atomic E-state index is 12.0. The summed E-state index contributed by atoms with van der Waals surface area (Å²) in [4.78, 5) is 16.6. The lowest BCUT2D eigenvalue weighted by Gasteiger charge is -2.08. The fraction of sp³-hybridized carbons (Fsp3) is 0.200. The van der Waals surface area contributed by atoms with E-state index in [1.165, 1.54) is 11.3 Å². The summed E-state index contributed by atoms with van der Waals surface area (Å²) >= 11 is 4.86. The maximum Gasteiger partial charge on any atom is 0.310 e. The van der Waals surface area contributed by atoms with Gasteiger partial charge in [-0.15, -0.1) is 11.3 Å². The minimum atomic E-state index is -0.280. The summed E-state index contributed by atoms with van der Waals surface area (Å²) in [6, 6.07) is 13.2. The van der Waals surface area contributed by atoms with Crippen molar-refractivity contribution >= 4 is 33.2 Å². The number of thiazole rings is 1. The van der Waals surface area contributed by atoms with Gasteiger partial charge >= 0.3 is 5.97 Å². The number of methoxy groups -OCH3 is 2. The van der Waals surface area contributed by atoms with Gasteiger partial charge in [0, 0.05) is 15.4 Å². The number of halogens is 1. The summed E-state index contributed by atoms with van der Waals surface area (Å²) in [7, 11) is 3.20. The normalized spacial score (nSPS) is 10.5. The first kappa shape index (κ1) is 19.4. The van der Waals surface area contributed by atoms with Gasteiger partial charge in [-0.3, -0.25) is 4.79 Å². The van der Waals surface area contributed by atoms with E-state index in [0.29, 0.717) is 17.2 Å². The largest absolute Gasteiger partial charge is 0.493 e. The van der Waals surface area contributed by atoms with Gasteiger partial charge in [0.1, 0.15) is 11.6 Å². The van der Waals surface area contributed by atoms with Crippen molar-refractivity contribution in [3.8, 4) is 22.1 Å². The molecule has 0 aliphatic carbocycles. The highest BCUT2D eigenvalue weighted by molar-refractivity contribution is 9.10. The summed E-state index contributed by atoms with van der Waals surface area (Å²) in [5.74, 6) is 1.03. The molecule has 27 heavy (non-hydrogen) atoms. The van der Waals surface area contributed by atoms with Crippen LogP contribution >= 0.6 is 27.3 Å². The predicted octanol–water partition coefficient (Wildman–Crippen LogP) is 4.88. The number of benzene rings is 2. The second-order valence-electron chi connectivity index (χ2n) is 5.68. The van der Waals surface area contributed by atoms with Crippen LogP contribution in [-0.2, 0) is 22.6 Å². The van der Waals surface area contributed by atoms with Gasteiger partial charge in [-0.2, -0.15) is 0 Å². The van der Waals surface area contributed by atoms with Crippen LogP contribution in [0.15, 0.2) is 52.3 Å². The lowest BCUT2D eigenvalue weighted by Crippen LogP contribution is -2.08. The molecule has 3 rings (SSSR count). The van der Waals surface area contributed by atoms with E-state index in [4.69, 9.17) is 14.2 Å². The summed E-state index contributed by atoms with van der Waals surface area (Å²) in [5.41, 5.74) is 2.55. The Kier molecular flexibility index (Phi) is 6.47. The molecule has 7 heteroatoms. The molecule has 2 aromatic carbocycles. The number of hydrogen-bond acceptors (Lipinski definition) is 6. The Bertz CT molecular complexity index is 924. The summed E-state index contributed by atoms with van der Waals surface area (Å²) < 4.78 is 16.9. The van der Waals surface area contributed by atoms with Crippen LogP contribution < -0.4 is 9.47 Å². The number of ether oxygens (including phenoxy) is 3. The molecule has 0 spiro atoms. The number of nitrogens with zero attached hydrogens (tertiary/aromatic N) is 1. The monoisotopic (exact) mass is 447 g/mol. The zero-order valence-electron chi connectivity index (χ0n) is 14.9. The van der Waals surface area contributed by atoms with Gasteiger partial charge in [0.15, 0.2) is 11.5 Å². The van der Waals surface area contributed by atoms with Crippen molar-refractivity contribution in [2.75, 3.05) is 14.2 Å². The number of rotatable bonds is 7. The van der Waals surface area contributed by atoms with Gasteiger partial charge in [-0.05, 0) is 35.9 Å². The van der Waals surface area contributed by atoms with Crippen molar-refractivity contribution in [3.63, 3.8) is 0 Å². The van der Waals surface area contributed by atoms with Gasteiger partial charge < -0.3 is 14.2 Å². The average molecular weight is 448 g/mol. The molecule has 5 nitrogen and oxygen atoms in total. The van der Waals surface area contributed by atoms with E-state index < -0.39 is 0 Å². The topological polar surface area (TPSA) is 57.7 Å². The maximum atomic E-state index is 12.0. The van der Waals surface area contributed by atoms with Gasteiger partial charge in [-0.25, -0.2) is 4.98 Å². The minimum Gasteiger partial charge on any atom is -0.493 e. The molecule has 140 valence electrons. The van der Waals surface area contributed by atoms with E-state index in [-0.39, 0.29) is 19.0 Å². The van der Waals surface area contributed by atoms with E-state index in [1.54, 1.807) is 14.2 Å². The Morgan fingerprint density at radius 2 is 1.81 bits per heavy atom. The molecule has 0 saturated carbocycles. The zero-order chi connectivity index (χ0) is 19.2. The summed E-state index contributed by atoms with van der Waals surface area (Å²) in [6.45, 7) is 0.152. The van der Waals surface area contributed by atoms with Gasteiger partial charge in [0.2, 0.25) is 0 Å². The fourth-order valence-corrected chi connectivity index (χ4v) is 3.52. The lowest BCUT2D eigenvalue weighted by atomic mass is 10.2. The van der Waals surface area contributed by atoms with Crippen molar-refractivity contribution in [1.29, 1.82) is 0 Å². The van der Waals surface area contributed by atoms with Crippen LogP contribution in [0, 0.1) is 0 Å². The highest BCUT2D eigenvalue weighted by Gasteiger charge is 2.11. The number of carbonyl (C=O) groups is 1. The summed E-state index contributed by atoms with van der Waals surface area (Å²) in [5, 5.41) is 2.72. The quantitative estimate of drug-likeness (QED) is 0.483. The van der Waals surface area contributed by atoms with Crippen LogP contribution in [0.5, 0.6) is 11.5 Å². The van der Waals surface area contributed by atoms with Crippen molar-refractivity contribution < 1.29 is 19.0 Å². The first-order valence-electron chi connectivity index (χ1n) is 8.16. The molecule has 0 aliphatic heterocycles. The average Bonchev–Trinajstić information content (AvgIpc) is 3.16. The van der Waals surface area contributed by atoms with Crippen LogP contribution in [0.2, 0.25) is 0 Å². The smallest absolute Gasteiger partial charge is 0.310 e. The third-order valence-corrected chi connectivity index (χ3v) is 5.29. The molecule has 0 radical (unpaired) electrons. The van der Waals surface area contributed by atoms with E-state index in [2.05, 4.69) is 20.9 Å². The SMILES string of the molecule is COc1ccc(-c2nc(COC(=O)Cc3ccc(Br)cc3)cs2)cc1OC. The van der Waals surface area contributed by atoms with Gasteiger partial charge in [-0.1, -0.05) is 28.1 Å². The zero-order valence-corrected chi connectivity index (χ0v) is 17.3. The molecule has 3 aromatic rings. The highest BCUT2D eigenvalue weighted by Crippen LogP contribution is 2.33. The van der Waals surface area contributed by atoms with Crippen molar-refractivity contribution in [2.45, 2.75) is 13.0 Å². The van der Waals surface area contributed by atoms with Crippen LogP contribution in [0.4, 0.5) is 0 Å². The Morgan fingerprint density at radius 3 is 2.52 bits per heavy atom. The number of esters is 1. The second kappa shape index (κ2) is 9.01. The lowest BCUT2D eigenvalue weighted by molar-refractivity contribution is -0.144. The Morgan fingerprint density at radius 1 is 1.07 bits per heavy atom. The first-order chi connectivity index (χ1) is 13.1.